The standard InChI is InChI=1S/C30H40O3/c1-7-14-29(5,6)26-16-21(9-12-24(26)20(3)4)19-33-23-11-10-22-13-15-30(25(22)17-23)18-27(30)28(31)32-8-2/h9-12,16-17,20,27H,7-8,13-15,18-19H2,1-6H3/t27-,30-/m0/s1. The SMILES string of the molecule is CCCC(C)(C)c1cc(COc2ccc3c(c2)[C@]2(CC3)C[C@H]2C(=O)OCC)ccc1C(C)C. The van der Waals surface area contributed by atoms with Gasteiger partial charge in [-0.15, -0.1) is 0 Å². The van der Waals surface area contributed by atoms with Crippen LogP contribution in [0.5, 0.6) is 5.75 Å². The lowest BCUT2D eigenvalue weighted by atomic mass is 9.76. The molecule has 0 N–H and O–H groups in total. The molecule has 3 nitrogen and oxygen atoms in total. The molecule has 0 aliphatic heterocycles. The molecule has 1 spiro atoms. The molecule has 2 aliphatic rings. The number of aryl methyl sites for hydroxylation is 1. The van der Waals surface area contributed by atoms with E-state index in [-0.39, 0.29) is 22.7 Å². The van der Waals surface area contributed by atoms with Crippen LogP contribution in [0.25, 0.3) is 0 Å². The summed E-state index contributed by atoms with van der Waals surface area (Å²) in [7, 11) is 0. The van der Waals surface area contributed by atoms with Crippen molar-refractivity contribution in [1.29, 1.82) is 0 Å². The Kier molecular flexibility index (Phi) is 6.62. The zero-order valence-electron chi connectivity index (χ0n) is 21.3. The van der Waals surface area contributed by atoms with E-state index in [2.05, 4.69) is 71.0 Å². The van der Waals surface area contributed by atoms with E-state index in [0.717, 1.165) is 25.0 Å². The third-order valence-corrected chi connectivity index (χ3v) is 7.85. The molecule has 2 aliphatic carbocycles. The lowest BCUT2D eigenvalue weighted by Gasteiger charge is -2.29. The van der Waals surface area contributed by atoms with Crippen LogP contribution in [-0.4, -0.2) is 12.6 Å². The molecule has 0 aromatic heterocycles. The van der Waals surface area contributed by atoms with Gasteiger partial charge in [0.2, 0.25) is 0 Å². The first-order valence-electron chi connectivity index (χ1n) is 12.8. The van der Waals surface area contributed by atoms with Gasteiger partial charge in [0, 0.05) is 5.41 Å². The Balaban J connectivity index is 1.52. The van der Waals surface area contributed by atoms with Gasteiger partial charge in [0.1, 0.15) is 12.4 Å². The molecule has 33 heavy (non-hydrogen) atoms. The van der Waals surface area contributed by atoms with Gasteiger partial charge in [-0.1, -0.05) is 65.3 Å². The maximum atomic E-state index is 12.4. The van der Waals surface area contributed by atoms with Gasteiger partial charge in [0.15, 0.2) is 0 Å². The molecule has 0 saturated heterocycles. The number of rotatable bonds is 9. The molecule has 0 heterocycles. The average molecular weight is 449 g/mol. The lowest BCUT2D eigenvalue weighted by molar-refractivity contribution is -0.145. The summed E-state index contributed by atoms with van der Waals surface area (Å²) >= 11 is 0. The van der Waals surface area contributed by atoms with Gasteiger partial charge in [0.05, 0.1) is 12.5 Å². The predicted molar refractivity (Wildman–Crippen MR) is 134 cm³/mol. The van der Waals surface area contributed by atoms with Crippen LogP contribution in [0.4, 0.5) is 0 Å². The maximum absolute atomic E-state index is 12.4. The van der Waals surface area contributed by atoms with Crippen LogP contribution in [0.15, 0.2) is 36.4 Å². The molecule has 4 rings (SSSR count). The van der Waals surface area contributed by atoms with Crippen molar-refractivity contribution in [3.8, 4) is 5.75 Å². The highest BCUT2D eigenvalue weighted by atomic mass is 16.5. The van der Waals surface area contributed by atoms with E-state index in [1.807, 2.05) is 6.92 Å². The number of hydrogen-bond acceptors (Lipinski definition) is 3. The van der Waals surface area contributed by atoms with E-state index in [0.29, 0.717) is 19.1 Å². The van der Waals surface area contributed by atoms with E-state index < -0.39 is 0 Å². The minimum absolute atomic E-state index is 0.0147. The molecule has 0 amide bonds. The second-order valence-electron chi connectivity index (χ2n) is 11.0. The molecule has 1 fully saturated rings. The first-order chi connectivity index (χ1) is 15.7. The smallest absolute Gasteiger partial charge is 0.309 e. The minimum atomic E-state index is -0.0378. The van der Waals surface area contributed by atoms with E-state index in [1.54, 1.807) is 0 Å². The summed E-state index contributed by atoms with van der Waals surface area (Å²) in [5, 5.41) is 0. The van der Waals surface area contributed by atoms with Gasteiger partial charge in [0.25, 0.3) is 0 Å². The first-order valence-corrected chi connectivity index (χ1v) is 12.8. The molecule has 1 saturated carbocycles. The fourth-order valence-corrected chi connectivity index (χ4v) is 5.96. The highest BCUT2D eigenvalue weighted by Gasteiger charge is 2.62. The Labute approximate surface area is 199 Å². The Morgan fingerprint density at radius 1 is 1.15 bits per heavy atom. The lowest BCUT2D eigenvalue weighted by Crippen LogP contribution is -2.20. The van der Waals surface area contributed by atoms with Crippen molar-refractivity contribution >= 4 is 5.97 Å². The van der Waals surface area contributed by atoms with Crippen molar-refractivity contribution in [2.24, 2.45) is 5.92 Å². The second kappa shape index (κ2) is 9.16. The Hall–Kier alpha value is -2.29. The van der Waals surface area contributed by atoms with Crippen LogP contribution in [0.2, 0.25) is 0 Å². The average Bonchev–Trinajstić information content (AvgIpc) is 3.41. The van der Waals surface area contributed by atoms with Crippen molar-refractivity contribution in [1.82, 2.24) is 0 Å². The monoisotopic (exact) mass is 448 g/mol. The normalized spacial score (nSPS) is 21.4. The van der Waals surface area contributed by atoms with E-state index in [4.69, 9.17) is 9.47 Å². The summed E-state index contributed by atoms with van der Waals surface area (Å²) in [5.41, 5.74) is 6.90. The van der Waals surface area contributed by atoms with Gasteiger partial charge in [-0.05, 0) is 83.9 Å². The summed E-state index contributed by atoms with van der Waals surface area (Å²) < 4.78 is 11.6. The summed E-state index contributed by atoms with van der Waals surface area (Å²) in [6, 6.07) is 13.3. The Morgan fingerprint density at radius 3 is 2.64 bits per heavy atom. The number of carbonyl (C=O) groups excluding carboxylic acids is 1. The van der Waals surface area contributed by atoms with Crippen LogP contribution in [0, 0.1) is 5.92 Å². The van der Waals surface area contributed by atoms with Gasteiger partial charge in [-0.25, -0.2) is 0 Å². The van der Waals surface area contributed by atoms with Crippen LogP contribution in [0.1, 0.15) is 101 Å². The number of esters is 1. The van der Waals surface area contributed by atoms with Crippen molar-refractivity contribution < 1.29 is 14.3 Å². The number of hydrogen-bond donors (Lipinski definition) is 0. The fourth-order valence-electron chi connectivity index (χ4n) is 5.96. The van der Waals surface area contributed by atoms with Crippen molar-refractivity contribution in [3.05, 3.63) is 64.2 Å². The van der Waals surface area contributed by atoms with Gasteiger partial charge in [-0.2, -0.15) is 0 Å². The minimum Gasteiger partial charge on any atom is -0.489 e. The zero-order valence-corrected chi connectivity index (χ0v) is 21.3. The molecule has 2 atom stereocenters. The highest BCUT2D eigenvalue weighted by molar-refractivity contribution is 5.80. The topological polar surface area (TPSA) is 35.5 Å². The molecular formula is C30H40O3. The van der Waals surface area contributed by atoms with Crippen molar-refractivity contribution in [2.45, 2.75) is 97.0 Å². The molecule has 0 unspecified atom stereocenters. The quantitative estimate of drug-likeness (QED) is 0.379. The van der Waals surface area contributed by atoms with Crippen molar-refractivity contribution in [3.63, 3.8) is 0 Å². The molecule has 3 heteroatoms. The van der Waals surface area contributed by atoms with Crippen LogP contribution >= 0.6 is 0 Å². The van der Waals surface area contributed by atoms with E-state index >= 15 is 0 Å². The van der Waals surface area contributed by atoms with Crippen LogP contribution in [-0.2, 0) is 33.4 Å². The molecule has 2 aromatic rings. The second-order valence-corrected chi connectivity index (χ2v) is 11.0. The third kappa shape index (κ3) is 4.56. The zero-order chi connectivity index (χ0) is 23.8. The van der Waals surface area contributed by atoms with Crippen molar-refractivity contribution in [2.75, 3.05) is 6.61 Å². The largest absolute Gasteiger partial charge is 0.489 e. The van der Waals surface area contributed by atoms with Gasteiger partial charge in [-0.3, -0.25) is 4.79 Å². The molecule has 178 valence electrons. The van der Waals surface area contributed by atoms with Crippen LogP contribution < -0.4 is 4.74 Å². The summed E-state index contributed by atoms with van der Waals surface area (Å²) in [5.74, 6) is 1.38. The Morgan fingerprint density at radius 2 is 1.94 bits per heavy atom. The number of ether oxygens (including phenoxy) is 2. The van der Waals surface area contributed by atoms with E-state index in [1.165, 1.54) is 40.7 Å². The summed E-state index contributed by atoms with van der Waals surface area (Å²) in [4.78, 5) is 12.4. The number of carbonyl (C=O) groups is 1. The fraction of sp³-hybridized carbons (Fsp3) is 0.567. The number of fused-ring (bicyclic) bond motifs is 2. The molecular weight excluding hydrogens is 408 g/mol. The highest BCUT2D eigenvalue weighted by Crippen LogP contribution is 2.62. The van der Waals surface area contributed by atoms with Gasteiger partial charge < -0.3 is 9.47 Å². The van der Waals surface area contributed by atoms with Gasteiger partial charge >= 0.3 is 5.97 Å². The predicted octanol–water partition coefficient (Wildman–Crippen LogP) is 7.23. The molecule has 0 radical (unpaired) electrons. The maximum Gasteiger partial charge on any atom is 0.309 e. The van der Waals surface area contributed by atoms with Crippen LogP contribution in [0.3, 0.4) is 0 Å². The summed E-state index contributed by atoms with van der Waals surface area (Å²) in [6.45, 7) is 14.4. The molecule has 2 aromatic carbocycles. The first kappa shape index (κ1) is 23.9. The number of benzene rings is 2. The summed E-state index contributed by atoms with van der Waals surface area (Å²) in [6.07, 6.45) is 5.34. The van der Waals surface area contributed by atoms with E-state index in [9.17, 15) is 4.79 Å². The third-order valence-electron chi connectivity index (χ3n) is 7.85. The Bertz CT molecular complexity index is 1020. The molecule has 0 bridgehead atoms.